The van der Waals surface area contributed by atoms with Crippen molar-refractivity contribution < 1.29 is 23.2 Å². The molecule has 1 saturated heterocycles. The topological polar surface area (TPSA) is 54.5 Å². The second-order valence-electron chi connectivity index (χ2n) is 3.78. The van der Waals surface area contributed by atoms with E-state index in [1.54, 1.807) is 0 Å². The van der Waals surface area contributed by atoms with Gasteiger partial charge in [0.15, 0.2) is 9.07 Å². The van der Waals surface area contributed by atoms with E-state index in [9.17, 15) is 23.2 Å². The number of nitrogens with zero attached hydrogens (tertiary/aromatic N) is 1. The Labute approximate surface area is 106 Å². The van der Waals surface area contributed by atoms with E-state index in [1.807, 2.05) is 0 Å². The first-order chi connectivity index (χ1) is 7.51. The quantitative estimate of drug-likeness (QED) is 0.565. The molecule has 1 aliphatic rings. The summed E-state index contributed by atoms with van der Waals surface area (Å²) in [6.07, 6.45) is 0. The minimum absolute atomic E-state index is 0.178. The van der Waals surface area contributed by atoms with Crippen LogP contribution < -0.4 is 0 Å². The molecule has 0 aromatic rings. The van der Waals surface area contributed by atoms with Crippen LogP contribution in [0.2, 0.25) is 0 Å². The number of Topliss-reactive ketones (excluding diaryl/α,β-unsaturated/α-hetero) is 1. The summed E-state index contributed by atoms with van der Waals surface area (Å²) >= 11 is 5.24. The van der Waals surface area contributed by atoms with E-state index in [2.05, 4.69) is 0 Å². The monoisotopic (exact) mass is 281 g/mol. The van der Waals surface area contributed by atoms with Gasteiger partial charge in [0.1, 0.15) is 0 Å². The molecule has 0 saturated carbocycles. The molecule has 1 rings (SSSR count). The first-order valence-electron chi connectivity index (χ1n) is 4.52. The Morgan fingerprint density at radius 1 is 1.47 bits per heavy atom. The maximum absolute atomic E-state index is 13.0. The molecule has 2 amide bonds. The van der Waals surface area contributed by atoms with Gasteiger partial charge < -0.3 is 0 Å². The predicted octanol–water partition coefficient (Wildman–Crippen LogP) is 1.38. The molecular formula is C9H9F2NO3S2. The zero-order chi connectivity index (χ0) is 13.6. The number of alkyl halides is 2. The second kappa shape index (κ2) is 4.09. The number of hydrogen-bond acceptors (Lipinski definition) is 5. The molecule has 1 unspecified atom stereocenters. The molecule has 17 heavy (non-hydrogen) atoms. The summed E-state index contributed by atoms with van der Waals surface area (Å²) in [6, 6.07) is 0. The minimum atomic E-state index is -3.65. The molecule has 1 heterocycles. The van der Waals surface area contributed by atoms with Crippen LogP contribution in [0.5, 0.6) is 0 Å². The fraction of sp³-hybridized carbons (Fsp3) is 0.556. The van der Waals surface area contributed by atoms with Gasteiger partial charge >= 0.3 is 5.92 Å². The van der Waals surface area contributed by atoms with Crippen molar-refractivity contribution in [2.45, 2.75) is 31.4 Å². The lowest BCUT2D eigenvalue weighted by Crippen LogP contribution is -2.50. The number of thioether (sulfide) groups is 1. The zero-order valence-corrected chi connectivity index (χ0v) is 10.9. The maximum atomic E-state index is 13.0. The van der Waals surface area contributed by atoms with E-state index >= 15 is 0 Å². The fourth-order valence-electron chi connectivity index (χ4n) is 1.39. The molecule has 0 radical (unpaired) electrons. The van der Waals surface area contributed by atoms with E-state index in [0.29, 0.717) is 23.6 Å². The van der Waals surface area contributed by atoms with Gasteiger partial charge in [-0.15, -0.1) is 0 Å². The number of carbonyl (C=O) groups is 3. The minimum Gasteiger partial charge on any atom is -0.291 e. The molecule has 94 valence electrons. The molecule has 1 aliphatic heterocycles. The summed E-state index contributed by atoms with van der Waals surface area (Å²) in [6.45, 7) is 2.54. The SMILES string of the molecule is CC(=O)N1C(=O)C(C)(C(=O)C(C)(F)F)SC1=S. The largest absolute Gasteiger partial charge is 0.304 e. The standard InChI is InChI=1S/C9H9F2NO3S2/c1-4(13)12-6(15)8(2,17-7(12)16)5(14)9(3,10)11/h1-3H3. The second-order valence-corrected chi connectivity index (χ2v) is 5.83. The number of hydrogen-bond donors (Lipinski definition) is 0. The molecule has 0 spiro atoms. The van der Waals surface area contributed by atoms with E-state index in [1.165, 1.54) is 0 Å². The number of amides is 2. The number of imide groups is 1. The highest BCUT2D eigenvalue weighted by Gasteiger charge is 2.59. The number of ketones is 1. The summed E-state index contributed by atoms with van der Waals surface area (Å²) in [4.78, 5) is 35.0. The molecule has 1 fully saturated rings. The number of carbonyl (C=O) groups excluding carboxylic acids is 3. The van der Waals surface area contributed by atoms with Gasteiger partial charge in [-0.1, -0.05) is 24.0 Å². The number of thiocarbonyl (C=S) groups is 1. The van der Waals surface area contributed by atoms with Gasteiger partial charge in [0, 0.05) is 13.8 Å². The summed E-state index contributed by atoms with van der Waals surface area (Å²) in [5.74, 6) is -6.90. The van der Waals surface area contributed by atoms with E-state index in [0.717, 1.165) is 13.8 Å². The Morgan fingerprint density at radius 2 is 1.94 bits per heavy atom. The Hall–Kier alpha value is -0.890. The molecule has 8 heteroatoms. The third-order valence-corrected chi connectivity index (χ3v) is 3.79. The highest BCUT2D eigenvalue weighted by atomic mass is 32.2. The lowest BCUT2D eigenvalue weighted by Gasteiger charge is -2.22. The highest BCUT2D eigenvalue weighted by molar-refractivity contribution is 8.25. The summed E-state index contributed by atoms with van der Waals surface area (Å²) in [7, 11) is 0. The smallest absolute Gasteiger partial charge is 0.291 e. The van der Waals surface area contributed by atoms with E-state index < -0.39 is 28.3 Å². The van der Waals surface area contributed by atoms with Crippen molar-refractivity contribution in [1.29, 1.82) is 0 Å². The number of rotatable bonds is 2. The average Bonchev–Trinajstić information content (AvgIpc) is 2.35. The van der Waals surface area contributed by atoms with Crippen LogP contribution in [0.15, 0.2) is 0 Å². The van der Waals surface area contributed by atoms with Crippen molar-refractivity contribution in [3.8, 4) is 0 Å². The lowest BCUT2D eigenvalue weighted by molar-refractivity contribution is -0.149. The molecule has 1 atom stereocenters. The van der Waals surface area contributed by atoms with Gasteiger partial charge in [0.25, 0.3) is 5.91 Å². The van der Waals surface area contributed by atoms with Crippen molar-refractivity contribution in [3.63, 3.8) is 0 Å². The zero-order valence-electron chi connectivity index (χ0n) is 9.24. The van der Waals surface area contributed by atoms with Gasteiger partial charge in [-0.25, -0.2) is 4.90 Å². The predicted molar refractivity (Wildman–Crippen MR) is 61.7 cm³/mol. The third kappa shape index (κ3) is 2.23. The van der Waals surface area contributed by atoms with Crippen molar-refractivity contribution >= 4 is 45.9 Å². The average molecular weight is 281 g/mol. The van der Waals surface area contributed by atoms with Crippen LogP contribution in [0.25, 0.3) is 0 Å². The third-order valence-electron chi connectivity index (χ3n) is 2.23. The van der Waals surface area contributed by atoms with Crippen LogP contribution in [-0.2, 0) is 14.4 Å². The molecule has 0 aromatic heterocycles. The fourth-order valence-corrected chi connectivity index (χ4v) is 3.21. The maximum Gasteiger partial charge on any atom is 0.304 e. The van der Waals surface area contributed by atoms with Crippen molar-refractivity contribution in [3.05, 3.63) is 0 Å². The lowest BCUT2D eigenvalue weighted by atomic mass is 9.99. The summed E-state index contributed by atoms with van der Waals surface area (Å²) in [5.41, 5.74) is 0. The van der Waals surface area contributed by atoms with E-state index in [-0.39, 0.29) is 4.32 Å². The Morgan fingerprint density at radius 3 is 2.24 bits per heavy atom. The van der Waals surface area contributed by atoms with Gasteiger partial charge in [-0.3, -0.25) is 14.4 Å². The van der Waals surface area contributed by atoms with Crippen LogP contribution in [0.3, 0.4) is 0 Å². The normalized spacial score (nSPS) is 25.4. The number of halogens is 2. The van der Waals surface area contributed by atoms with Crippen LogP contribution in [0, 0.1) is 0 Å². The van der Waals surface area contributed by atoms with Gasteiger partial charge in [0.05, 0.1) is 0 Å². The van der Waals surface area contributed by atoms with Gasteiger partial charge in [0.2, 0.25) is 11.7 Å². The Kier molecular flexibility index (Phi) is 3.41. The van der Waals surface area contributed by atoms with Crippen molar-refractivity contribution in [2.24, 2.45) is 0 Å². The molecule has 0 aromatic carbocycles. The molecule has 4 nitrogen and oxygen atoms in total. The van der Waals surface area contributed by atoms with Crippen LogP contribution in [0.1, 0.15) is 20.8 Å². The Bertz CT molecular complexity index is 432. The van der Waals surface area contributed by atoms with E-state index in [4.69, 9.17) is 12.2 Å². The summed E-state index contributed by atoms with van der Waals surface area (Å²) in [5, 5.41) is 0. The molecule has 0 aliphatic carbocycles. The Balaban J connectivity index is 3.18. The first-order valence-corrected chi connectivity index (χ1v) is 5.75. The van der Waals surface area contributed by atoms with Crippen molar-refractivity contribution in [2.75, 3.05) is 0 Å². The van der Waals surface area contributed by atoms with Crippen LogP contribution in [0.4, 0.5) is 8.78 Å². The van der Waals surface area contributed by atoms with Crippen LogP contribution >= 0.6 is 24.0 Å². The highest BCUT2D eigenvalue weighted by Crippen LogP contribution is 2.41. The first kappa shape index (κ1) is 14.2. The van der Waals surface area contributed by atoms with Gasteiger partial charge in [-0.2, -0.15) is 8.78 Å². The van der Waals surface area contributed by atoms with Crippen LogP contribution in [-0.4, -0.2) is 37.5 Å². The van der Waals surface area contributed by atoms with Gasteiger partial charge in [-0.05, 0) is 6.92 Å². The van der Waals surface area contributed by atoms with Crippen molar-refractivity contribution in [1.82, 2.24) is 4.90 Å². The molecule has 0 N–H and O–H groups in total. The summed E-state index contributed by atoms with van der Waals surface area (Å²) < 4.78 is 23.8. The molecular weight excluding hydrogens is 272 g/mol. The molecule has 0 bridgehead atoms.